The van der Waals surface area contributed by atoms with Crippen LogP contribution in [0, 0.1) is 5.92 Å². The molecule has 2 aliphatic heterocycles. The van der Waals surface area contributed by atoms with E-state index in [4.69, 9.17) is 0 Å². The Morgan fingerprint density at radius 2 is 1.67 bits per heavy atom. The van der Waals surface area contributed by atoms with Gasteiger partial charge in [0, 0.05) is 39.1 Å². The Kier molecular flexibility index (Phi) is 6.33. The van der Waals surface area contributed by atoms with Crippen LogP contribution in [0.5, 0.6) is 0 Å². The molecule has 21 heavy (non-hydrogen) atoms. The molecule has 5 heteroatoms. The molecule has 1 atom stereocenters. The lowest BCUT2D eigenvalue weighted by molar-refractivity contribution is -0.131. The molecule has 0 spiro atoms. The Balaban J connectivity index is 1.65. The maximum Gasteiger partial charge on any atom is 0.317 e. The number of urea groups is 1. The van der Waals surface area contributed by atoms with E-state index in [1.807, 2.05) is 9.80 Å². The summed E-state index contributed by atoms with van der Waals surface area (Å²) in [5.41, 5.74) is 0. The molecule has 0 radical (unpaired) electrons. The van der Waals surface area contributed by atoms with Crippen LogP contribution >= 0.6 is 0 Å². The summed E-state index contributed by atoms with van der Waals surface area (Å²) in [4.78, 5) is 28.0. The zero-order chi connectivity index (χ0) is 15.1. The smallest absolute Gasteiger partial charge is 0.317 e. The largest absolute Gasteiger partial charge is 0.343 e. The SMILES string of the molecule is CC1CCCN(C(=O)NCCC(=O)N2CCCCCC2)C1. The van der Waals surface area contributed by atoms with Crippen LogP contribution in [0.2, 0.25) is 0 Å². The average molecular weight is 295 g/mol. The van der Waals surface area contributed by atoms with Crippen LogP contribution < -0.4 is 5.32 Å². The minimum atomic E-state index is -0.00906. The minimum absolute atomic E-state index is 0.00906. The number of hydrogen-bond acceptors (Lipinski definition) is 2. The molecule has 0 saturated carbocycles. The molecule has 0 aliphatic carbocycles. The first-order valence-electron chi connectivity index (χ1n) is 8.47. The van der Waals surface area contributed by atoms with E-state index in [-0.39, 0.29) is 11.9 Å². The van der Waals surface area contributed by atoms with Crippen LogP contribution in [0.4, 0.5) is 4.79 Å². The van der Waals surface area contributed by atoms with Crippen LogP contribution in [-0.4, -0.2) is 54.5 Å². The van der Waals surface area contributed by atoms with Gasteiger partial charge in [0.15, 0.2) is 0 Å². The molecule has 2 heterocycles. The molecule has 5 nitrogen and oxygen atoms in total. The van der Waals surface area contributed by atoms with E-state index in [2.05, 4.69) is 12.2 Å². The van der Waals surface area contributed by atoms with E-state index in [9.17, 15) is 9.59 Å². The van der Waals surface area contributed by atoms with E-state index in [0.29, 0.717) is 18.9 Å². The summed E-state index contributed by atoms with van der Waals surface area (Å²) in [6.45, 7) is 6.09. The van der Waals surface area contributed by atoms with Crippen LogP contribution in [0.3, 0.4) is 0 Å². The number of hydrogen-bond donors (Lipinski definition) is 1. The van der Waals surface area contributed by atoms with Crippen LogP contribution in [0.1, 0.15) is 51.9 Å². The molecule has 2 aliphatic rings. The molecule has 2 fully saturated rings. The number of rotatable bonds is 3. The molecule has 1 N–H and O–H groups in total. The monoisotopic (exact) mass is 295 g/mol. The highest BCUT2D eigenvalue weighted by Gasteiger charge is 2.21. The quantitative estimate of drug-likeness (QED) is 0.868. The molecule has 120 valence electrons. The molecular formula is C16H29N3O2. The third-order valence-electron chi connectivity index (χ3n) is 4.52. The summed E-state index contributed by atoms with van der Waals surface area (Å²) >= 11 is 0. The predicted molar refractivity (Wildman–Crippen MR) is 83.0 cm³/mol. The van der Waals surface area contributed by atoms with Crippen LogP contribution in [-0.2, 0) is 4.79 Å². The van der Waals surface area contributed by atoms with Gasteiger partial charge in [-0.1, -0.05) is 19.8 Å². The second-order valence-corrected chi connectivity index (χ2v) is 6.47. The van der Waals surface area contributed by atoms with Crippen molar-refractivity contribution < 1.29 is 9.59 Å². The molecule has 0 aromatic carbocycles. The van der Waals surface area contributed by atoms with Crippen molar-refractivity contribution >= 4 is 11.9 Å². The van der Waals surface area contributed by atoms with E-state index in [1.54, 1.807) is 0 Å². The highest BCUT2D eigenvalue weighted by molar-refractivity contribution is 5.78. The fourth-order valence-corrected chi connectivity index (χ4v) is 3.24. The standard InChI is InChI=1S/C16H29N3O2/c1-14-7-6-12-19(13-14)16(21)17-9-8-15(20)18-10-4-2-3-5-11-18/h14H,2-13H2,1H3,(H,17,21). The Morgan fingerprint density at radius 1 is 1.00 bits per heavy atom. The van der Waals surface area contributed by atoms with Crippen molar-refractivity contribution in [1.82, 2.24) is 15.1 Å². The van der Waals surface area contributed by atoms with Gasteiger partial charge in [-0.15, -0.1) is 0 Å². The van der Waals surface area contributed by atoms with Gasteiger partial charge in [-0.2, -0.15) is 0 Å². The second-order valence-electron chi connectivity index (χ2n) is 6.47. The highest BCUT2D eigenvalue weighted by atomic mass is 16.2. The van der Waals surface area contributed by atoms with Gasteiger partial charge in [0.05, 0.1) is 0 Å². The van der Waals surface area contributed by atoms with Gasteiger partial charge in [0.2, 0.25) is 5.91 Å². The number of carbonyl (C=O) groups excluding carboxylic acids is 2. The average Bonchev–Trinajstić information content (AvgIpc) is 2.76. The maximum atomic E-state index is 12.1. The molecular weight excluding hydrogens is 266 g/mol. The van der Waals surface area contributed by atoms with E-state index < -0.39 is 0 Å². The van der Waals surface area contributed by atoms with Crippen molar-refractivity contribution in [2.24, 2.45) is 5.92 Å². The molecule has 2 saturated heterocycles. The first-order chi connectivity index (χ1) is 10.2. The number of piperidine rings is 1. The number of nitrogens with zero attached hydrogens (tertiary/aromatic N) is 2. The van der Waals surface area contributed by atoms with Gasteiger partial charge >= 0.3 is 6.03 Å². The Hall–Kier alpha value is -1.26. The summed E-state index contributed by atoms with van der Waals surface area (Å²) < 4.78 is 0. The van der Waals surface area contributed by atoms with Crippen molar-refractivity contribution in [3.05, 3.63) is 0 Å². The van der Waals surface area contributed by atoms with Crippen molar-refractivity contribution in [2.75, 3.05) is 32.7 Å². The van der Waals surface area contributed by atoms with Crippen molar-refractivity contribution in [2.45, 2.75) is 51.9 Å². The number of carbonyl (C=O) groups is 2. The van der Waals surface area contributed by atoms with Gasteiger partial charge < -0.3 is 15.1 Å². The highest BCUT2D eigenvalue weighted by Crippen LogP contribution is 2.15. The number of likely N-dealkylation sites (tertiary alicyclic amines) is 2. The molecule has 3 amide bonds. The number of nitrogens with one attached hydrogen (secondary N) is 1. The van der Waals surface area contributed by atoms with Gasteiger partial charge in [-0.3, -0.25) is 4.79 Å². The fraction of sp³-hybridized carbons (Fsp3) is 0.875. The lowest BCUT2D eigenvalue weighted by atomic mass is 10.0. The molecule has 2 rings (SSSR count). The summed E-state index contributed by atoms with van der Waals surface area (Å²) in [5, 5.41) is 2.90. The third-order valence-corrected chi connectivity index (χ3v) is 4.52. The van der Waals surface area contributed by atoms with E-state index in [1.165, 1.54) is 19.3 Å². The molecule has 0 bridgehead atoms. The first-order valence-corrected chi connectivity index (χ1v) is 8.47. The minimum Gasteiger partial charge on any atom is -0.343 e. The van der Waals surface area contributed by atoms with Gasteiger partial charge in [-0.05, 0) is 31.6 Å². The van der Waals surface area contributed by atoms with Crippen LogP contribution in [0.25, 0.3) is 0 Å². The van der Waals surface area contributed by atoms with E-state index >= 15 is 0 Å². The van der Waals surface area contributed by atoms with Crippen molar-refractivity contribution in [3.8, 4) is 0 Å². The molecule has 1 unspecified atom stereocenters. The summed E-state index contributed by atoms with van der Waals surface area (Å²) in [6.07, 6.45) is 7.41. The van der Waals surface area contributed by atoms with E-state index in [0.717, 1.165) is 45.4 Å². The van der Waals surface area contributed by atoms with Gasteiger partial charge in [0.1, 0.15) is 0 Å². The van der Waals surface area contributed by atoms with Gasteiger partial charge in [-0.25, -0.2) is 4.79 Å². The topological polar surface area (TPSA) is 52.7 Å². The third kappa shape index (κ3) is 5.21. The Labute approximate surface area is 128 Å². The second kappa shape index (κ2) is 8.25. The molecule has 0 aromatic heterocycles. The van der Waals surface area contributed by atoms with Crippen molar-refractivity contribution in [1.29, 1.82) is 0 Å². The lowest BCUT2D eigenvalue weighted by Gasteiger charge is -2.31. The summed E-state index contributed by atoms with van der Waals surface area (Å²) in [6, 6.07) is -0.00906. The Morgan fingerprint density at radius 3 is 2.33 bits per heavy atom. The zero-order valence-electron chi connectivity index (χ0n) is 13.3. The number of amides is 3. The summed E-state index contributed by atoms with van der Waals surface area (Å²) in [7, 11) is 0. The maximum absolute atomic E-state index is 12.1. The van der Waals surface area contributed by atoms with Gasteiger partial charge in [0.25, 0.3) is 0 Å². The molecule has 0 aromatic rings. The Bertz CT molecular complexity index is 337. The normalized spacial score (nSPS) is 23.6. The van der Waals surface area contributed by atoms with Crippen molar-refractivity contribution in [3.63, 3.8) is 0 Å². The predicted octanol–water partition coefficient (Wildman–Crippen LogP) is 2.22. The summed E-state index contributed by atoms with van der Waals surface area (Å²) in [5.74, 6) is 0.771. The lowest BCUT2D eigenvalue weighted by Crippen LogP contribution is -2.46. The first kappa shape index (κ1) is 16.1. The fourth-order valence-electron chi connectivity index (χ4n) is 3.24. The zero-order valence-corrected chi connectivity index (χ0v) is 13.3. The van der Waals surface area contributed by atoms with Crippen LogP contribution in [0.15, 0.2) is 0 Å².